The van der Waals surface area contributed by atoms with Gasteiger partial charge in [0.25, 0.3) is 0 Å². The summed E-state index contributed by atoms with van der Waals surface area (Å²) in [6, 6.07) is 26.1. The SMILES string of the molecule is Fc1ccc(C=Nn2c(-c3ccccc3)csc2=Nc2ccccc2)cc1. The number of benzene rings is 3. The average molecular weight is 373 g/mol. The standard InChI is InChI=1S/C22H16FN3S/c23-19-13-11-17(12-14-19)15-24-26-21(18-7-3-1-4-8-18)16-27-22(26)25-20-9-5-2-6-10-20/h1-16H. The molecule has 5 heteroatoms. The molecule has 4 aromatic rings. The Bertz CT molecular complexity index is 1110. The second-order valence-corrected chi connectivity index (χ2v) is 6.66. The summed E-state index contributed by atoms with van der Waals surface area (Å²) in [7, 11) is 0. The van der Waals surface area contributed by atoms with E-state index in [4.69, 9.17) is 4.99 Å². The number of rotatable bonds is 4. The molecule has 3 nitrogen and oxygen atoms in total. The molecular weight excluding hydrogens is 357 g/mol. The number of thiazole rings is 1. The summed E-state index contributed by atoms with van der Waals surface area (Å²) in [5.74, 6) is -0.264. The van der Waals surface area contributed by atoms with Gasteiger partial charge in [-0.3, -0.25) is 0 Å². The van der Waals surface area contributed by atoms with Crippen LogP contribution in [0.15, 0.2) is 100 Å². The Labute approximate surface area is 160 Å². The minimum atomic E-state index is -0.264. The molecule has 132 valence electrons. The van der Waals surface area contributed by atoms with Crippen LogP contribution < -0.4 is 4.80 Å². The average Bonchev–Trinajstić information content (AvgIpc) is 3.11. The highest BCUT2D eigenvalue weighted by atomic mass is 32.1. The first-order valence-electron chi connectivity index (χ1n) is 8.45. The molecule has 0 unspecified atom stereocenters. The molecule has 4 rings (SSSR count). The molecule has 0 radical (unpaired) electrons. The Hall–Kier alpha value is -3.31. The normalized spacial score (nSPS) is 12.0. The van der Waals surface area contributed by atoms with E-state index in [9.17, 15) is 4.39 Å². The van der Waals surface area contributed by atoms with Gasteiger partial charge in [-0.1, -0.05) is 60.7 Å². The maximum absolute atomic E-state index is 13.1. The van der Waals surface area contributed by atoms with E-state index < -0.39 is 0 Å². The molecule has 0 bridgehead atoms. The van der Waals surface area contributed by atoms with Crippen molar-refractivity contribution in [2.45, 2.75) is 0 Å². The third-order valence-corrected chi connectivity index (χ3v) is 4.74. The van der Waals surface area contributed by atoms with Gasteiger partial charge >= 0.3 is 0 Å². The van der Waals surface area contributed by atoms with Crippen LogP contribution in [0.4, 0.5) is 10.1 Å². The highest BCUT2D eigenvalue weighted by molar-refractivity contribution is 7.07. The summed E-state index contributed by atoms with van der Waals surface area (Å²) in [4.78, 5) is 5.48. The number of halogens is 1. The predicted octanol–water partition coefficient (Wildman–Crippen LogP) is 5.47. The first-order chi connectivity index (χ1) is 13.3. The van der Waals surface area contributed by atoms with Gasteiger partial charge in [0.1, 0.15) is 5.82 Å². The van der Waals surface area contributed by atoms with Gasteiger partial charge in [-0.15, -0.1) is 11.3 Å². The smallest absolute Gasteiger partial charge is 0.211 e. The first kappa shape index (κ1) is 17.1. The molecule has 27 heavy (non-hydrogen) atoms. The molecular formula is C22H16FN3S. The minimum absolute atomic E-state index is 0.264. The zero-order valence-electron chi connectivity index (χ0n) is 14.4. The number of para-hydroxylation sites is 1. The highest BCUT2D eigenvalue weighted by Crippen LogP contribution is 2.20. The molecule has 0 aliphatic carbocycles. The van der Waals surface area contributed by atoms with E-state index in [1.54, 1.807) is 18.3 Å². The van der Waals surface area contributed by atoms with E-state index in [0.717, 1.165) is 27.3 Å². The molecule has 0 saturated heterocycles. The zero-order valence-corrected chi connectivity index (χ0v) is 15.2. The van der Waals surface area contributed by atoms with Gasteiger partial charge in [0.05, 0.1) is 17.6 Å². The Morgan fingerprint density at radius 3 is 2.19 bits per heavy atom. The van der Waals surface area contributed by atoms with Gasteiger partial charge in [0.15, 0.2) is 0 Å². The predicted molar refractivity (Wildman–Crippen MR) is 109 cm³/mol. The second-order valence-electron chi connectivity index (χ2n) is 5.82. The van der Waals surface area contributed by atoms with E-state index in [1.165, 1.54) is 23.5 Å². The van der Waals surface area contributed by atoms with Crippen LogP contribution in [0.1, 0.15) is 5.56 Å². The molecule has 0 N–H and O–H groups in total. The first-order valence-corrected chi connectivity index (χ1v) is 9.33. The molecule has 3 aromatic carbocycles. The van der Waals surface area contributed by atoms with Crippen LogP contribution in [0.2, 0.25) is 0 Å². The molecule has 0 amide bonds. The summed E-state index contributed by atoms with van der Waals surface area (Å²) in [6.45, 7) is 0. The largest absolute Gasteiger partial charge is 0.220 e. The van der Waals surface area contributed by atoms with Crippen LogP contribution in [0, 0.1) is 5.82 Å². The van der Waals surface area contributed by atoms with Gasteiger partial charge in [-0.2, -0.15) is 5.10 Å². The van der Waals surface area contributed by atoms with Gasteiger partial charge in [-0.05, 0) is 29.8 Å². The van der Waals surface area contributed by atoms with Gasteiger partial charge in [0, 0.05) is 10.9 Å². The van der Waals surface area contributed by atoms with Crippen molar-refractivity contribution in [2.24, 2.45) is 10.1 Å². The summed E-state index contributed by atoms with van der Waals surface area (Å²) in [5.41, 5.74) is 3.69. The van der Waals surface area contributed by atoms with Crippen LogP contribution in [-0.2, 0) is 0 Å². The van der Waals surface area contributed by atoms with Crippen LogP contribution in [0.3, 0.4) is 0 Å². The lowest BCUT2D eigenvalue weighted by atomic mass is 10.2. The Kier molecular flexibility index (Phi) is 5.03. The van der Waals surface area contributed by atoms with Crippen LogP contribution in [0.5, 0.6) is 0 Å². The fourth-order valence-electron chi connectivity index (χ4n) is 2.58. The van der Waals surface area contributed by atoms with Gasteiger partial charge in [0.2, 0.25) is 4.80 Å². The minimum Gasteiger partial charge on any atom is -0.220 e. The van der Waals surface area contributed by atoms with E-state index in [0.29, 0.717) is 0 Å². The Morgan fingerprint density at radius 2 is 1.48 bits per heavy atom. The van der Waals surface area contributed by atoms with Crippen LogP contribution in [0.25, 0.3) is 11.3 Å². The van der Waals surface area contributed by atoms with E-state index in [1.807, 2.05) is 70.7 Å². The van der Waals surface area contributed by atoms with Gasteiger partial charge in [-0.25, -0.2) is 14.1 Å². The van der Waals surface area contributed by atoms with Crippen LogP contribution >= 0.6 is 11.3 Å². The van der Waals surface area contributed by atoms with Crippen molar-refractivity contribution in [1.29, 1.82) is 0 Å². The highest BCUT2D eigenvalue weighted by Gasteiger charge is 2.07. The van der Waals surface area contributed by atoms with Crippen molar-refractivity contribution in [3.05, 3.63) is 106 Å². The van der Waals surface area contributed by atoms with E-state index >= 15 is 0 Å². The fourth-order valence-corrected chi connectivity index (χ4v) is 3.44. The molecule has 1 aromatic heterocycles. The molecule has 1 heterocycles. The van der Waals surface area contributed by atoms with Crippen molar-refractivity contribution in [1.82, 2.24) is 4.68 Å². The monoisotopic (exact) mass is 373 g/mol. The van der Waals surface area contributed by atoms with Crippen molar-refractivity contribution >= 4 is 23.2 Å². The van der Waals surface area contributed by atoms with Crippen molar-refractivity contribution in [3.63, 3.8) is 0 Å². The lowest BCUT2D eigenvalue weighted by molar-refractivity contribution is 0.628. The lowest BCUT2D eigenvalue weighted by Gasteiger charge is -2.03. The van der Waals surface area contributed by atoms with Crippen molar-refractivity contribution in [3.8, 4) is 11.3 Å². The van der Waals surface area contributed by atoms with Gasteiger partial charge < -0.3 is 0 Å². The number of aromatic nitrogens is 1. The third kappa shape index (κ3) is 4.10. The van der Waals surface area contributed by atoms with E-state index in [2.05, 4.69) is 5.10 Å². The molecule has 0 saturated carbocycles. The Morgan fingerprint density at radius 1 is 0.815 bits per heavy atom. The second kappa shape index (κ2) is 7.93. The molecule has 0 aliphatic rings. The third-order valence-electron chi connectivity index (χ3n) is 3.93. The zero-order chi connectivity index (χ0) is 18.5. The van der Waals surface area contributed by atoms with Crippen LogP contribution in [-0.4, -0.2) is 10.9 Å². The maximum atomic E-state index is 13.1. The summed E-state index contributed by atoms with van der Waals surface area (Å²) < 4.78 is 14.9. The Balaban J connectivity index is 1.82. The quantitative estimate of drug-likeness (QED) is 0.425. The van der Waals surface area contributed by atoms with Crippen molar-refractivity contribution in [2.75, 3.05) is 0 Å². The van der Waals surface area contributed by atoms with Crippen molar-refractivity contribution < 1.29 is 4.39 Å². The number of hydrogen-bond acceptors (Lipinski definition) is 3. The fraction of sp³-hybridized carbons (Fsp3) is 0. The topological polar surface area (TPSA) is 29.6 Å². The number of nitrogens with zero attached hydrogens (tertiary/aromatic N) is 3. The summed E-state index contributed by atoms with van der Waals surface area (Å²) >= 11 is 1.53. The molecule has 0 spiro atoms. The summed E-state index contributed by atoms with van der Waals surface area (Å²) in [6.07, 6.45) is 1.71. The molecule has 0 aliphatic heterocycles. The number of hydrogen-bond donors (Lipinski definition) is 0. The maximum Gasteiger partial charge on any atom is 0.211 e. The lowest BCUT2D eigenvalue weighted by Crippen LogP contribution is -2.11. The summed E-state index contributed by atoms with van der Waals surface area (Å²) in [5, 5.41) is 6.67. The molecule has 0 fully saturated rings. The molecule has 0 atom stereocenters. The van der Waals surface area contributed by atoms with E-state index in [-0.39, 0.29) is 5.82 Å².